The van der Waals surface area contributed by atoms with Crippen LogP contribution in [0.15, 0.2) is 18.2 Å². The highest BCUT2D eigenvalue weighted by atomic mass is 16.4. The normalized spacial score (nSPS) is 25.4. The summed E-state index contributed by atoms with van der Waals surface area (Å²) in [5.74, 6) is -0.612. The van der Waals surface area contributed by atoms with E-state index in [9.17, 15) is 9.59 Å². The van der Waals surface area contributed by atoms with Gasteiger partial charge >= 0.3 is 5.97 Å². The molecule has 1 aliphatic heterocycles. The van der Waals surface area contributed by atoms with Crippen LogP contribution in [0.2, 0.25) is 0 Å². The van der Waals surface area contributed by atoms with E-state index in [1.165, 1.54) is 12.5 Å². The van der Waals surface area contributed by atoms with Crippen LogP contribution >= 0.6 is 0 Å². The number of carbonyl (C=O) groups is 2. The molecule has 1 N–H and O–H groups in total. The molecule has 5 heteroatoms. The quantitative estimate of drug-likeness (QED) is 0.856. The van der Waals surface area contributed by atoms with Crippen molar-refractivity contribution in [1.82, 2.24) is 9.88 Å². The molecule has 1 saturated heterocycles. The summed E-state index contributed by atoms with van der Waals surface area (Å²) in [7, 11) is 0. The zero-order valence-corrected chi connectivity index (χ0v) is 9.87. The highest BCUT2D eigenvalue weighted by Gasteiger charge is 2.40. The topological polar surface area (TPSA) is 70.5 Å². The molecule has 1 saturated carbocycles. The molecule has 2 heterocycles. The first-order valence-corrected chi connectivity index (χ1v) is 6.16. The van der Waals surface area contributed by atoms with E-state index < -0.39 is 5.97 Å². The molecule has 5 nitrogen and oxygen atoms in total. The largest absolute Gasteiger partial charge is 0.477 e. The average Bonchev–Trinajstić information content (AvgIpc) is 3.00. The highest BCUT2D eigenvalue weighted by molar-refractivity contribution is 5.94. The number of piperidine rings is 1. The summed E-state index contributed by atoms with van der Waals surface area (Å²) in [6.45, 7) is 0.794. The first kappa shape index (κ1) is 11.2. The summed E-state index contributed by atoms with van der Waals surface area (Å²) < 4.78 is 0. The fraction of sp³-hybridized carbons (Fsp3) is 0.462. The smallest absolute Gasteiger partial charge is 0.354 e. The van der Waals surface area contributed by atoms with E-state index in [0.717, 1.165) is 19.4 Å². The van der Waals surface area contributed by atoms with E-state index in [1.54, 1.807) is 12.1 Å². The fourth-order valence-electron chi connectivity index (χ4n) is 2.99. The third-order valence-corrected chi connectivity index (χ3v) is 3.86. The number of nitrogens with zero attached hydrogens (tertiary/aromatic N) is 2. The average molecular weight is 246 g/mol. The fourth-order valence-corrected chi connectivity index (χ4v) is 2.99. The predicted molar refractivity (Wildman–Crippen MR) is 63.4 cm³/mol. The zero-order chi connectivity index (χ0) is 12.7. The van der Waals surface area contributed by atoms with Crippen LogP contribution < -0.4 is 0 Å². The predicted octanol–water partition coefficient (Wildman–Crippen LogP) is 1.40. The number of aromatic nitrogens is 1. The van der Waals surface area contributed by atoms with Gasteiger partial charge in [-0.2, -0.15) is 0 Å². The van der Waals surface area contributed by atoms with E-state index in [0.29, 0.717) is 12.0 Å². The molecular weight excluding hydrogens is 232 g/mol. The lowest BCUT2D eigenvalue weighted by atomic mass is 10.1. The highest BCUT2D eigenvalue weighted by Crippen LogP contribution is 2.37. The Kier molecular flexibility index (Phi) is 2.54. The molecular formula is C13H14N2O3. The maximum atomic E-state index is 12.3. The molecule has 2 bridgehead atoms. The van der Waals surface area contributed by atoms with Crippen LogP contribution in [0.25, 0.3) is 0 Å². The van der Waals surface area contributed by atoms with Gasteiger partial charge in [0.15, 0.2) is 0 Å². The van der Waals surface area contributed by atoms with Crippen LogP contribution in [0.1, 0.15) is 40.2 Å². The second-order valence-electron chi connectivity index (χ2n) is 5.00. The van der Waals surface area contributed by atoms with Crippen molar-refractivity contribution in [3.63, 3.8) is 0 Å². The monoisotopic (exact) mass is 246 g/mol. The van der Waals surface area contributed by atoms with Crippen molar-refractivity contribution in [2.24, 2.45) is 5.92 Å². The van der Waals surface area contributed by atoms with Gasteiger partial charge in [-0.25, -0.2) is 9.78 Å². The first-order valence-electron chi connectivity index (χ1n) is 6.16. The van der Waals surface area contributed by atoms with E-state index in [2.05, 4.69) is 4.98 Å². The van der Waals surface area contributed by atoms with Crippen molar-refractivity contribution < 1.29 is 14.7 Å². The number of amides is 1. The molecule has 0 radical (unpaired) electrons. The number of carboxylic acid groups (broad SMARTS) is 1. The van der Waals surface area contributed by atoms with Crippen molar-refractivity contribution >= 4 is 11.9 Å². The van der Waals surface area contributed by atoms with Crippen LogP contribution in [0, 0.1) is 5.92 Å². The molecule has 1 aromatic rings. The van der Waals surface area contributed by atoms with Gasteiger partial charge in [-0.05, 0) is 37.3 Å². The van der Waals surface area contributed by atoms with Crippen LogP contribution in [0.3, 0.4) is 0 Å². The van der Waals surface area contributed by atoms with E-state index in [4.69, 9.17) is 5.11 Å². The number of aromatic carboxylic acids is 1. The number of rotatable bonds is 2. The third-order valence-electron chi connectivity index (χ3n) is 3.86. The molecule has 2 aliphatic rings. The Hall–Kier alpha value is -1.91. The number of pyridine rings is 1. The SMILES string of the molecule is O=C(O)c1cccc(C(=O)N2CC3CCC2C3)n1. The van der Waals surface area contributed by atoms with E-state index in [-0.39, 0.29) is 17.3 Å². The Morgan fingerprint density at radius 1 is 1.28 bits per heavy atom. The molecule has 0 spiro atoms. The number of hydrogen-bond acceptors (Lipinski definition) is 3. The Morgan fingerprint density at radius 2 is 2.06 bits per heavy atom. The molecule has 94 valence electrons. The molecule has 2 atom stereocenters. The lowest BCUT2D eigenvalue weighted by Crippen LogP contribution is -2.38. The van der Waals surface area contributed by atoms with Gasteiger partial charge in [-0.15, -0.1) is 0 Å². The molecule has 3 rings (SSSR count). The minimum atomic E-state index is -1.10. The van der Waals surface area contributed by atoms with Crippen LogP contribution in [0.4, 0.5) is 0 Å². The van der Waals surface area contributed by atoms with Crippen LogP contribution in [0.5, 0.6) is 0 Å². The van der Waals surface area contributed by atoms with Crippen molar-refractivity contribution in [2.75, 3.05) is 6.54 Å². The van der Waals surface area contributed by atoms with Crippen LogP contribution in [-0.4, -0.2) is 39.5 Å². The first-order chi connectivity index (χ1) is 8.65. The van der Waals surface area contributed by atoms with Gasteiger partial charge in [-0.1, -0.05) is 6.07 Å². The van der Waals surface area contributed by atoms with Gasteiger partial charge < -0.3 is 10.0 Å². The number of likely N-dealkylation sites (tertiary alicyclic amines) is 1. The molecule has 0 aromatic carbocycles. The van der Waals surface area contributed by atoms with Gasteiger partial charge in [0, 0.05) is 12.6 Å². The lowest BCUT2D eigenvalue weighted by Gasteiger charge is -2.26. The lowest BCUT2D eigenvalue weighted by molar-refractivity contribution is 0.0686. The number of carbonyl (C=O) groups excluding carboxylic acids is 1. The summed E-state index contributed by atoms with van der Waals surface area (Å²) in [5.41, 5.74) is 0.160. The van der Waals surface area contributed by atoms with Crippen molar-refractivity contribution in [3.05, 3.63) is 29.6 Å². The minimum absolute atomic E-state index is 0.0785. The molecule has 2 unspecified atom stereocenters. The van der Waals surface area contributed by atoms with Crippen molar-refractivity contribution in [1.29, 1.82) is 0 Å². The summed E-state index contributed by atoms with van der Waals surface area (Å²) in [4.78, 5) is 28.9. The second-order valence-corrected chi connectivity index (χ2v) is 5.00. The molecule has 1 aromatic heterocycles. The standard InChI is InChI=1S/C13H14N2O3/c16-12(15-7-8-4-5-9(15)6-8)10-2-1-3-11(14-10)13(17)18/h1-3,8-9H,4-7H2,(H,17,18). The zero-order valence-electron chi connectivity index (χ0n) is 9.87. The van der Waals surface area contributed by atoms with E-state index >= 15 is 0 Å². The van der Waals surface area contributed by atoms with Crippen LogP contribution in [-0.2, 0) is 0 Å². The summed E-state index contributed by atoms with van der Waals surface area (Å²) in [6.07, 6.45) is 3.36. The summed E-state index contributed by atoms with van der Waals surface area (Å²) in [5, 5.41) is 8.87. The van der Waals surface area contributed by atoms with Gasteiger partial charge in [0.05, 0.1) is 0 Å². The second kappa shape index (κ2) is 4.08. The Balaban J connectivity index is 1.84. The summed E-state index contributed by atoms with van der Waals surface area (Å²) in [6, 6.07) is 4.88. The number of carboxylic acids is 1. The number of fused-ring (bicyclic) bond motifs is 2. The Morgan fingerprint density at radius 3 is 2.67 bits per heavy atom. The maximum absolute atomic E-state index is 12.3. The molecule has 1 aliphatic carbocycles. The summed E-state index contributed by atoms with van der Waals surface area (Å²) >= 11 is 0. The Labute approximate surface area is 104 Å². The molecule has 2 fully saturated rings. The number of hydrogen-bond donors (Lipinski definition) is 1. The maximum Gasteiger partial charge on any atom is 0.354 e. The van der Waals surface area contributed by atoms with Crippen molar-refractivity contribution in [3.8, 4) is 0 Å². The van der Waals surface area contributed by atoms with Crippen molar-refractivity contribution in [2.45, 2.75) is 25.3 Å². The molecule has 1 amide bonds. The van der Waals surface area contributed by atoms with Gasteiger partial charge in [0.1, 0.15) is 11.4 Å². The van der Waals surface area contributed by atoms with Gasteiger partial charge in [-0.3, -0.25) is 4.79 Å². The van der Waals surface area contributed by atoms with Gasteiger partial charge in [0.2, 0.25) is 0 Å². The third kappa shape index (κ3) is 1.75. The van der Waals surface area contributed by atoms with E-state index in [1.807, 2.05) is 4.90 Å². The Bertz CT molecular complexity index is 515. The van der Waals surface area contributed by atoms with Gasteiger partial charge in [0.25, 0.3) is 5.91 Å². The minimum Gasteiger partial charge on any atom is -0.477 e. The molecule has 18 heavy (non-hydrogen) atoms.